The summed E-state index contributed by atoms with van der Waals surface area (Å²) in [5.74, 6) is 0.669. The van der Waals surface area contributed by atoms with Gasteiger partial charge < -0.3 is 10.1 Å². The first-order valence-electron chi connectivity index (χ1n) is 7.20. The summed E-state index contributed by atoms with van der Waals surface area (Å²) < 4.78 is 19.0. The summed E-state index contributed by atoms with van der Waals surface area (Å²) >= 11 is 0. The fourth-order valence-electron chi connectivity index (χ4n) is 2.64. The summed E-state index contributed by atoms with van der Waals surface area (Å²) in [6, 6.07) is 11.2. The Bertz CT molecular complexity index is 604. The average molecular weight is 287 g/mol. The number of rotatable bonds is 5. The molecule has 2 nitrogen and oxygen atoms in total. The van der Waals surface area contributed by atoms with E-state index in [4.69, 9.17) is 4.74 Å². The first kappa shape index (κ1) is 15.5. The molecule has 0 saturated carbocycles. The standard InChI is InChI=1S/C18H22FNO/c1-5-20-18(15-8-12(2)9-16(19)11-15)14-6-7-17(21-4)13(3)10-14/h6-11,18,20H,5H2,1-4H3. The Labute approximate surface area is 126 Å². The molecule has 0 heterocycles. The number of benzene rings is 2. The third kappa shape index (κ3) is 3.61. The van der Waals surface area contributed by atoms with E-state index in [9.17, 15) is 4.39 Å². The summed E-state index contributed by atoms with van der Waals surface area (Å²) in [5, 5.41) is 3.43. The van der Waals surface area contributed by atoms with Gasteiger partial charge >= 0.3 is 0 Å². The highest BCUT2D eigenvalue weighted by Gasteiger charge is 2.15. The van der Waals surface area contributed by atoms with Crippen molar-refractivity contribution in [2.24, 2.45) is 0 Å². The van der Waals surface area contributed by atoms with E-state index in [2.05, 4.69) is 18.3 Å². The molecule has 0 aliphatic carbocycles. The lowest BCUT2D eigenvalue weighted by molar-refractivity contribution is 0.411. The molecule has 0 aliphatic rings. The van der Waals surface area contributed by atoms with Crippen LogP contribution in [0.3, 0.4) is 0 Å². The van der Waals surface area contributed by atoms with Crippen LogP contribution >= 0.6 is 0 Å². The van der Waals surface area contributed by atoms with Gasteiger partial charge in [0.1, 0.15) is 11.6 Å². The Morgan fingerprint density at radius 3 is 2.43 bits per heavy atom. The number of methoxy groups -OCH3 is 1. The second-order valence-electron chi connectivity index (χ2n) is 5.28. The van der Waals surface area contributed by atoms with Crippen LogP contribution in [0.25, 0.3) is 0 Å². The van der Waals surface area contributed by atoms with Gasteiger partial charge in [0.25, 0.3) is 0 Å². The Morgan fingerprint density at radius 1 is 1.10 bits per heavy atom. The van der Waals surface area contributed by atoms with Gasteiger partial charge in [0.05, 0.1) is 13.2 Å². The highest BCUT2D eigenvalue weighted by atomic mass is 19.1. The quantitative estimate of drug-likeness (QED) is 0.892. The SMILES string of the molecule is CCNC(c1cc(C)cc(F)c1)c1ccc(OC)c(C)c1. The monoisotopic (exact) mass is 287 g/mol. The van der Waals surface area contributed by atoms with Crippen LogP contribution < -0.4 is 10.1 Å². The van der Waals surface area contributed by atoms with Gasteiger partial charge in [-0.15, -0.1) is 0 Å². The lowest BCUT2D eigenvalue weighted by Gasteiger charge is -2.21. The second kappa shape index (κ2) is 6.72. The van der Waals surface area contributed by atoms with Gasteiger partial charge in [-0.05, 0) is 60.8 Å². The Kier molecular flexibility index (Phi) is 4.97. The molecule has 0 fully saturated rings. The molecule has 1 unspecified atom stereocenters. The Hall–Kier alpha value is -1.87. The van der Waals surface area contributed by atoms with Crippen LogP contribution in [0.1, 0.15) is 35.2 Å². The molecule has 0 saturated heterocycles. The minimum Gasteiger partial charge on any atom is -0.496 e. The highest BCUT2D eigenvalue weighted by Crippen LogP contribution is 2.27. The lowest BCUT2D eigenvalue weighted by atomic mass is 9.95. The fourth-order valence-corrected chi connectivity index (χ4v) is 2.64. The zero-order chi connectivity index (χ0) is 15.4. The summed E-state index contributed by atoms with van der Waals surface area (Å²) in [6.45, 7) is 6.79. The van der Waals surface area contributed by atoms with Gasteiger partial charge in [-0.3, -0.25) is 0 Å². The molecular formula is C18H22FNO. The molecule has 0 radical (unpaired) electrons. The maximum absolute atomic E-state index is 13.7. The minimum atomic E-state index is -0.196. The molecule has 112 valence electrons. The molecular weight excluding hydrogens is 265 g/mol. The van der Waals surface area contributed by atoms with E-state index in [-0.39, 0.29) is 11.9 Å². The van der Waals surface area contributed by atoms with E-state index < -0.39 is 0 Å². The van der Waals surface area contributed by atoms with E-state index in [1.54, 1.807) is 19.2 Å². The van der Waals surface area contributed by atoms with E-state index >= 15 is 0 Å². The first-order valence-corrected chi connectivity index (χ1v) is 7.20. The zero-order valence-corrected chi connectivity index (χ0v) is 13.0. The van der Waals surface area contributed by atoms with Crippen molar-refractivity contribution in [3.05, 3.63) is 64.5 Å². The van der Waals surface area contributed by atoms with Crippen molar-refractivity contribution in [1.82, 2.24) is 5.32 Å². The summed E-state index contributed by atoms with van der Waals surface area (Å²) in [5.41, 5.74) is 4.06. The van der Waals surface area contributed by atoms with Gasteiger partial charge in [0, 0.05) is 0 Å². The molecule has 0 aromatic heterocycles. The molecule has 2 aromatic rings. The summed E-state index contributed by atoms with van der Waals surface area (Å²) in [4.78, 5) is 0. The predicted octanol–water partition coefficient (Wildman–Crippen LogP) is 4.15. The topological polar surface area (TPSA) is 21.3 Å². The number of ether oxygens (including phenoxy) is 1. The van der Waals surface area contributed by atoms with Crippen LogP contribution in [0.5, 0.6) is 5.75 Å². The fraction of sp³-hybridized carbons (Fsp3) is 0.333. The minimum absolute atomic E-state index is 0.0194. The van der Waals surface area contributed by atoms with Crippen LogP contribution in [-0.4, -0.2) is 13.7 Å². The van der Waals surface area contributed by atoms with Gasteiger partial charge in [0.15, 0.2) is 0 Å². The van der Waals surface area contributed by atoms with Crippen molar-refractivity contribution >= 4 is 0 Å². The Balaban J connectivity index is 2.45. The van der Waals surface area contributed by atoms with Gasteiger partial charge in [-0.25, -0.2) is 4.39 Å². The molecule has 0 bridgehead atoms. The molecule has 0 amide bonds. The Morgan fingerprint density at radius 2 is 1.86 bits per heavy atom. The summed E-state index contributed by atoms with van der Waals surface area (Å²) in [6.07, 6.45) is 0. The van der Waals surface area contributed by atoms with E-state index in [1.807, 2.05) is 32.0 Å². The van der Waals surface area contributed by atoms with Crippen LogP contribution in [-0.2, 0) is 0 Å². The van der Waals surface area contributed by atoms with Gasteiger partial charge in [0.2, 0.25) is 0 Å². The van der Waals surface area contributed by atoms with E-state index in [1.165, 1.54) is 0 Å². The van der Waals surface area contributed by atoms with Gasteiger partial charge in [-0.1, -0.05) is 25.1 Å². The normalized spacial score (nSPS) is 12.2. The third-order valence-corrected chi connectivity index (χ3v) is 3.56. The molecule has 3 heteroatoms. The van der Waals surface area contributed by atoms with Gasteiger partial charge in [-0.2, -0.15) is 0 Å². The van der Waals surface area contributed by atoms with Crippen LogP contribution in [0.15, 0.2) is 36.4 Å². The van der Waals surface area contributed by atoms with Crippen molar-refractivity contribution < 1.29 is 9.13 Å². The molecule has 0 spiro atoms. The first-order chi connectivity index (χ1) is 10.0. The predicted molar refractivity (Wildman–Crippen MR) is 84.4 cm³/mol. The molecule has 2 rings (SSSR count). The second-order valence-corrected chi connectivity index (χ2v) is 5.28. The third-order valence-electron chi connectivity index (χ3n) is 3.56. The maximum atomic E-state index is 13.7. The van der Waals surface area contributed by atoms with Crippen molar-refractivity contribution in [3.63, 3.8) is 0 Å². The van der Waals surface area contributed by atoms with E-state index in [0.29, 0.717) is 0 Å². The number of hydrogen-bond donors (Lipinski definition) is 1. The zero-order valence-electron chi connectivity index (χ0n) is 13.0. The van der Waals surface area contributed by atoms with Crippen molar-refractivity contribution in [2.45, 2.75) is 26.8 Å². The average Bonchev–Trinajstić information content (AvgIpc) is 2.43. The van der Waals surface area contributed by atoms with Crippen molar-refractivity contribution in [2.75, 3.05) is 13.7 Å². The molecule has 0 aliphatic heterocycles. The van der Waals surface area contributed by atoms with Crippen molar-refractivity contribution in [3.8, 4) is 5.75 Å². The van der Waals surface area contributed by atoms with Crippen molar-refractivity contribution in [1.29, 1.82) is 0 Å². The molecule has 2 aromatic carbocycles. The number of nitrogens with one attached hydrogen (secondary N) is 1. The van der Waals surface area contributed by atoms with Crippen LogP contribution in [0.2, 0.25) is 0 Å². The smallest absolute Gasteiger partial charge is 0.123 e. The molecule has 1 atom stereocenters. The largest absolute Gasteiger partial charge is 0.496 e. The molecule has 21 heavy (non-hydrogen) atoms. The van der Waals surface area contributed by atoms with E-state index in [0.717, 1.165) is 34.5 Å². The lowest BCUT2D eigenvalue weighted by Crippen LogP contribution is -2.22. The molecule has 1 N–H and O–H groups in total. The summed E-state index contributed by atoms with van der Waals surface area (Å²) in [7, 11) is 1.67. The number of halogens is 1. The number of aryl methyl sites for hydroxylation is 2. The highest BCUT2D eigenvalue weighted by molar-refractivity contribution is 5.41. The van der Waals surface area contributed by atoms with Crippen LogP contribution in [0.4, 0.5) is 4.39 Å². The maximum Gasteiger partial charge on any atom is 0.123 e. The van der Waals surface area contributed by atoms with Crippen LogP contribution in [0, 0.1) is 19.7 Å². The number of hydrogen-bond acceptors (Lipinski definition) is 2.